The maximum absolute atomic E-state index is 12.3. The Morgan fingerprint density at radius 3 is 3.04 bits per heavy atom. The average Bonchev–Trinajstić information content (AvgIpc) is 3.27. The number of amides is 1. The lowest BCUT2D eigenvalue weighted by Gasteiger charge is -2.19. The molecule has 1 atom stereocenters. The number of aromatic nitrogens is 1. The number of carbonyl (C=O) groups is 2. The van der Waals surface area contributed by atoms with Crippen LogP contribution in [0.4, 0.5) is 0 Å². The van der Waals surface area contributed by atoms with Gasteiger partial charge in [0.15, 0.2) is 0 Å². The van der Waals surface area contributed by atoms with Crippen LogP contribution < -0.4 is 4.74 Å². The molecule has 1 aliphatic heterocycles. The van der Waals surface area contributed by atoms with Gasteiger partial charge < -0.3 is 14.7 Å². The fourth-order valence-electron chi connectivity index (χ4n) is 2.89. The molecule has 1 saturated heterocycles. The fraction of sp³-hybridized carbons (Fsp3) is 0.316. The van der Waals surface area contributed by atoms with Gasteiger partial charge in [0.25, 0.3) is 0 Å². The average molecular weight is 372 g/mol. The number of carbonyl (C=O) groups excluding carboxylic acids is 1. The van der Waals surface area contributed by atoms with Gasteiger partial charge in [0.1, 0.15) is 18.4 Å². The van der Waals surface area contributed by atoms with Gasteiger partial charge in [0.05, 0.1) is 10.7 Å². The van der Waals surface area contributed by atoms with Crippen LogP contribution in [0.5, 0.6) is 5.75 Å². The Labute approximate surface area is 155 Å². The van der Waals surface area contributed by atoms with E-state index in [-0.39, 0.29) is 5.91 Å². The van der Waals surface area contributed by atoms with Gasteiger partial charge in [-0.2, -0.15) is 0 Å². The van der Waals surface area contributed by atoms with Crippen molar-refractivity contribution < 1.29 is 19.4 Å². The van der Waals surface area contributed by atoms with Gasteiger partial charge in [-0.1, -0.05) is 12.1 Å². The highest BCUT2D eigenvalue weighted by molar-refractivity contribution is 7.09. The van der Waals surface area contributed by atoms with E-state index in [0.29, 0.717) is 25.3 Å². The molecule has 2 aromatic rings. The summed E-state index contributed by atoms with van der Waals surface area (Å²) in [6.45, 7) is 2.83. The molecule has 1 fully saturated rings. The van der Waals surface area contributed by atoms with Crippen LogP contribution in [0.3, 0.4) is 0 Å². The minimum absolute atomic E-state index is 0.279. The van der Waals surface area contributed by atoms with Crippen LogP contribution in [-0.4, -0.2) is 39.5 Å². The predicted octanol–water partition coefficient (Wildman–Crippen LogP) is 3.12. The van der Waals surface area contributed by atoms with Crippen molar-refractivity contribution in [3.05, 3.63) is 52.0 Å². The van der Waals surface area contributed by atoms with E-state index in [4.69, 9.17) is 9.84 Å². The number of benzene rings is 1. The molecule has 0 radical (unpaired) electrons. The summed E-state index contributed by atoms with van der Waals surface area (Å²) < 4.78 is 5.74. The summed E-state index contributed by atoms with van der Waals surface area (Å²) >= 11 is 1.58. The van der Waals surface area contributed by atoms with Crippen molar-refractivity contribution in [1.82, 2.24) is 9.88 Å². The second-order valence-electron chi connectivity index (χ2n) is 6.08. The van der Waals surface area contributed by atoms with E-state index in [1.807, 2.05) is 36.6 Å². The summed E-state index contributed by atoms with van der Waals surface area (Å²) in [6.07, 6.45) is 4.33. The van der Waals surface area contributed by atoms with E-state index in [1.165, 1.54) is 11.0 Å². The summed E-state index contributed by atoms with van der Waals surface area (Å²) in [5.41, 5.74) is 1.70. The third-order valence-corrected chi connectivity index (χ3v) is 4.97. The number of hydrogen-bond donors (Lipinski definition) is 1. The van der Waals surface area contributed by atoms with Crippen molar-refractivity contribution in [3.63, 3.8) is 0 Å². The Morgan fingerprint density at radius 1 is 1.46 bits per heavy atom. The third-order valence-electron chi connectivity index (χ3n) is 4.15. The topological polar surface area (TPSA) is 79.7 Å². The number of carboxylic acids is 1. The molecule has 26 heavy (non-hydrogen) atoms. The maximum Gasteiger partial charge on any atom is 0.326 e. The molecule has 1 amide bonds. The molecule has 3 rings (SSSR count). The Balaban J connectivity index is 1.61. The Bertz CT molecular complexity index is 830. The summed E-state index contributed by atoms with van der Waals surface area (Å²) in [5.74, 6) is -0.536. The zero-order valence-corrected chi connectivity index (χ0v) is 15.2. The van der Waals surface area contributed by atoms with E-state index < -0.39 is 12.0 Å². The molecule has 1 aromatic heterocycles. The number of thiazole rings is 1. The van der Waals surface area contributed by atoms with E-state index in [1.54, 1.807) is 17.4 Å². The van der Waals surface area contributed by atoms with Crippen LogP contribution in [0.2, 0.25) is 0 Å². The number of ether oxygens (including phenoxy) is 1. The van der Waals surface area contributed by atoms with Gasteiger partial charge in [0.2, 0.25) is 5.91 Å². The second-order valence-corrected chi connectivity index (χ2v) is 7.14. The van der Waals surface area contributed by atoms with Gasteiger partial charge in [-0.3, -0.25) is 4.79 Å². The van der Waals surface area contributed by atoms with Crippen LogP contribution in [0.1, 0.15) is 29.1 Å². The van der Waals surface area contributed by atoms with Gasteiger partial charge in [-0.15, -0.1) is 11.3 Å². The second kappa shape index (κ2) is 8.14. The van der Waals surface area contributed by atoms with Crippen LogP contribution in [0.15, 0.2) is 35.7 Å². The predicted molar refractivity (Wildman–Crippen MR) is 99.0 cm³/mol. The zero-order valence-electron chi connectivity index (χ0n) is 14.4. The van der Waals surface area contributed by atoms with E-state index in [0.717, 1.165) is 22.7 Å². The molecule has 1 aliphatic rings. The highest BCUT2D eigenvalue weighted by atomic mass is 32.1. The zero-order chi connectivity index (χ0) is 18.5. The van der Waals surface area contributed by atoms with Crippen LogP contribution in [0, 0.1) is 6.92 Å². The highest BCUT2D eigenvalue weighted by Crippen LogP contribution is 2.20. The normalized spacial score (nSPS) is 17.0. The smallest absolute Gasteiger partial charge is 0.326 e. The minimum Gasteiger partial charge on any atom is -0.487 e. The minimum atomic E-state index is -0.947. The largest absolute Gasteiger partial charge is 0.487 e. The number of likely N-dealkylation sites (tertiary alicyclic amines) is 1. The lowest BCUT2D eigenvalue weighted by atomic mass is 10.2. The molecule has 0 saturated carbocycles. The standard InChI is InChI=1S/C19H20N2O4S/c1-13-20-15(12-26-13)11-25-16-5-2-4-14(10-16)7-8-18(22)21-9-3-6-17(21)19(23)24/h2,4-5,7-8,10,12,17H,3,6,9,11H2,1H3,(H,23,24). The molecule has 136 valence electrons. The summed E-state index contributed by atoms with van der Waals surface area (Å²) in [4.78, 5) is 29.2. The molecule has 2 heterocycles. The first-order chi connectivity index (χ1) is 12.5. The Morgan fingerprint density at radius 2 is 2.31 bits per heavy atom. The maximum atomic E-state index is 12.3. The molecule has 7 heteroatoms. The fourth-order valence-corrected chi connectivity index (χ4v) is 3.49. The van der Waals surface area contributed by atoms with Crippen molar-refractivity contribution in [2.75, 3.05) is 6.54 Å². The third kappa shape index (κ3) is 4.49. The number of rotatable bonds is 6. The van der Waals surface area contributed by atoms with Crippen LogP contribution in [0.25, 0.3) is 6.08 Å². The number of aliphatic carboxylic acids is 1. The van der Waals surface area contributed by atoms with Gasteiger partial charge >= 0.3 is 5.97 Å². The van der Waals surface area contributed by atoms with Gasteiger partial charge in [-0.25, -0.2) is 9.78 Å². The monoisotopic (exact) mass is 372 g/mol. The summed E-state index contributed by atoms with van der Waals surface area (Å²) in [7, 11) is 0. The lowest BCUT2D eigenvalue weighted by molar-refractivity contribution is -0.146. The number of hydrogen-bond acceptors (Lipinski definition) is 5. The van der Waals surface area contributed by atoms with Gasteiger partial charge in [-0.05, 0) is 43.5 Å². The molecular weight excluding hydrogens is 352 g/mol. The first-order valence-corrected chi connectivity index (χ1v) is 9.26. The van der Waals surface area contributed by atoms with Crippen LogP contribution in [-0.2, 0) is 16.2 Å². The molecule has 0 aliphatic carbocycles. The van der Waals surface area contributed by atoms with E-state index >= 15 is 0 Å². The number of nitrogens with zero attached hydrogens (tertiary/aromatic N) is 2. The number of aryl methyl sites for hydroxylation is 1. The van der Waals surface area contributed by atoms with Crippen molar-refractivity contribution in [3.8, 4) is 5.75 Å². The van der Waals surface area contributed by atoms with Gasteiger partial charge in [0, 0.05) is 18.0 Å². The molecule has 6 nitrogen and oxygen atoms in total. The molecule has 0 spiro atoms. The lowest BCUT2D eigenvalue weighted by Crippen LogP contribution is -2.39. The first kappa shape index (κ1) is 18.1. The Hall–Kier alpha value is -2.67. The molecule has 1 unspecified atom stereocenters. The molecule has 0 bridgehead atoms. The molecule has 1 N–H and O–H groups in total. The summed E-state index contributed by atoms with van der Waals surface area (Å²) in [5, 5.41) is 12.1. The summed E-state index contributed by atoms with van der Waals surface area (Å²) in [6, 6.07) is 6.67. The van der Waals surface area contributed by atoms with E-state index in [2.05, 4.69) is 4.98 Å². The first-order valence-electron chi connectivity index (χ1n) is 8.38. The van der Waals surface area contributed by atoms with Crippen molar-refractivity contribution in [1.29, 1.82) is 0 Å². The quantitative estimate of drug-likeness (QED) is 0.788. The Kier molecular flexibility index (Phi) is 5.68. The van der Waals surface area contributed by atoms with Crippen LogP contribution >= 0.6 is 11.3 Å². The highest BCUT2D eigenvalue weighted by Gasteiger charge is 2.32. The molecular formula is C19H20N2O4S. The number of carboxylic acid groups (broad SMARTS) is 1. The van der Waals surface area contributed by atoms with E-state index in [9.17, 15) is 9.59 Å². The van der Waals surface area contributed by atoms with Crippen molar-refractivity contribution >= 4 is 29.3 Å². The SMILES string of the molecule is Cc1nc(COc2cccc(C=CC(=O)N3CCCC3C(=O)O)c2)cs1. The molecule has 1 aromatic carbocycles. The van der Waals surface area contributed by atoms with Crippen molar-refractivity contribution in [2.24, 2.45) is 0 Å². The van der Waals surface area contributed by atoms with Crippen molar-refractivity contribution in [2.45, 2.75) is 32.4 Å².